The number of nitrogens with one attached hydrogen (secondary N) is 1. The highest BCUT2D eigenvalue weighted by Crippen LogP contribution is 2.34. The fraction of sp³-hybridized carbons (Fsp3) is 0.385. The summed E-state index contributed by atoms with van der Waals surface area (Å²) in [6.45, 7) is 5.87. The number of carbonyl (C=O) groups is 1. The molecule has 0 spiro atoms. The summed E-state index contributed by atoms with van der Waals surface area (Å²) >= 11 is 0. The first-order valence-corrected chi connectivity index (χ1v) is 11.6. The Kier molecular flexibility index (Phi) is 7.17. The summed E-state index contributed by atoms with van der Waals surface area (Å²) in [5, 5.41) is 7.82. The minimum atomic E-state index is -0.0361. The zero-order valence-electron chi connectivity index (χ0n) is 19.6. The van der Waals surface area contributed by atoms with E-state index in [0.29, 0.717) is 30.6 Å². The first-order valence-electron chi connectivity index (χ1n) is 11.6. The van der Waals surface area contributed by atoms with Crippen molar-refractivity contribution >= 4 is 6.03 Å². The standard InChI is InChI=1S/C26H32N4O3/c1-4-16-27-26(31)29(17-20-10-11-20)18-24-19(2)28-30(21-8-6-5-7-9-21)25(24)33-23-14-12-22(32-3)13-15-23/h5-9,12-15,20H,4,10-11,16-18H2,1-3H3,(H,27,31). The molecule has 1 saturated carbocycles. The molecule has 0 atom stereocenters. The quantitative estimate of drug-likeness (QED) is 0.456. The third-order valence-electron chi connectivity index (χ3n) is 5.75. The van der Waals surface area contributed by atoms with E-state index in [4.69, 9.17) is 14.6 Å². The van der Waals surface area contributed by atoms with Gasteiger partial charge in [-0.05, 0) is 68.5 Å². The lowest BCUT2D eigenvalue weighted by molar-refractivity contribution is 0.192. The number of nitrogens with zero attached hydrogens (tertiary/aromatic N) is 3. The van der Waals surface area contributed by atoms with Crippen molar-refractivity contribution in [1.82, 2.24) is 20.0 Å². The summed E-state index contributed by atoms with van der Waals surface area (Å²) in [6, 6.07) is 17.3. The van der Waals surface area contributed by atoms with Gasteiger partial charge in [0, 0.05) is 13.1 Å². The van der Waals surface area contributed by atoms with Crippen LogP contribution in [0.1, 0.15) is 37.4 Å². The van der Waals surface area contributed by atoms with Crippen LogP contribution in [0.2, 0.25) is 0 Å². The van der Waals surface area contributed by atoms with Crippen molar-refractivity contribution in [2.75, 3.05) is 20.2 Å². The Bertz CT molecular complexity index is 1060. The molecule has 0 saturated heterocycles. The predicted octanol–water partition coefficient (Wildman–Crippen LogP) is 5.31. The zero-order chi connectivity index (χ0) is 23.2. The highest BCUT2D eigenvalue weighted by atomic mass is 16.5. The largest absolute Gasteiger partial charge is 0.497 e. The highest BCUT2D eigenvalue weighted by Gasteiger charge is 2.29. The number of urea groups is 1. The van der Waals surface area contributed by atoms with Crippen LogP contribution in [0.25, 0.3) is 5.69 Å². The minimum absolute atomic E-state index is 0.0361. The number of aryl methyl sites for hydroxylation is 1. The molecular weight excluding hydrogens is 416 g/mol. The summed E-state index contributed by atoms with van der Waals surface area (Å²) in [7, 11) is 1.64. The highest BCUT2D eigenvalue weighted by molar-refractivity contribution is 5.74. The Labute approximate surface area is 195 Å². The second-order valence-electron chi connectivity index (χ2n) is 8.45. The third-order valence-corrected chi connectivity index (χ3v) is 5.75. The predicted molar refractivity (Wildman–Crippen MR) is 128 cm³/mol. The molecule has 4 rings (SSSR count). The van der Waals surface area contributed by atoms with Crippen molar-refractivity contribution in [3.63, 3.8) is 0 Å². The van der Waals surface area contributed by atoms with Crippen molar-refractivity contribution in [1.29, 1.82) is 0 Å². The number of hydrogen-bond donors (Lipinski definition) is 1. The van der Waals surface area contributed by atoms with Crippen LogP contribution in [0.4, 0.5) is 4.79 Å². The first kappa shape index (κ1) is 22.7. The minimum Gasteiger partial charge on any atom is -0.497 e. The lowest BCUT2D eigenvalue weighted by atomic mass is 10.2. The van der Waals surface area contributed by atoms with E-state index in [1.54, 1.807) is 7.11 Å². The maximum absolute atomic E-state index is 12.9. The van der Waals surface area contributed by atoms with Gasteiger partial charge in [0.2, 0.25) is 5.88 Å². The molecule has 1 N–H and O–H groups in total. The van der Waals surface area contributed by atoms with Crippen LogP contribution in [0, 0.1) is 12.8 Å². The Morgan fingerprint density at radius 2 is 1.82 bits per heavy atom. The Balaban J connectivity index is 1.69. The molecule has 0 radical (unpaired) electrons. The number of carbonyl (C=O) groups excluding carboxylic acids is 1. The number of rotatable bonds is 10. The van der Waals surface area contributed by atoms with E-state index in [1.807, 2.05) is 71.1 Å². The van der Waals surface area contributed by atoms with Crippen LogP contribution in [0.5, 0.6) is 17.4 Å². The van der Waals surface area contributed by atoms with E-state index in [0.717, 1.165) is 35.7 Å². The van der Waals surface area contributed by atoms with Crippen molar-refractivity contribution in [2.24, 2.45) is 5.92 Å². The Morgan fingerprint density at radius 1 is 1.12 bits per heavy atom. The normalized spacial score (nSPS) is 12.9. The first-order chi connectivity index (χ1) is 16.1. The van der Waals surface area contributed by atoms with Crippen LogP contribution < -0.4 is 14.8 Å². The van der Waals surface area contributed by atoms with Crippen LogP contribution in [-0.4, -0.2) is 40.9 Å². The van der Waals surface area contributed by atoms with E-state index in [2.05, 4.69) is 12.2 Å². The molecule has 0 bridgehead atoms. The summed E-state index contributed by atoms with van der Waals surface area (Å²) in [6.07, 6.45) is 3.25. The average molecular weight is 449 g/mol. The van der Waals surface area contributed by atoms with Crippen LogP contribution in [0.3, 0.4) is 0 Å². The van der Waals surface area contributed by atoms with Gasteiger partial charge in [0.1, 0.15) is 11.5 Å². The molecule has 1 heterocycles. The summed E-state index contributed by atoms with van der Waals surface area (Å²) < 4.78 is 13.5. The van der Waals surface area contributed by atoms with E-state index >= 15 is 0 Å². The molecule has 1 aromatic heterocycles. The topological polar surface area (TPSA) is 68.6 Å². The summed E-state index contributed by atoms with van der Waals surface area (Å²) in [5.41, 5.74) is 2.65. The molecular formula is C26H32N4O3. The molecule has 2 aromatic carbocycles. The lowest BCUT2D eigenvalue weighted by Gasteiger charge is -2.23. The fourth-order valence-electron chi connectivity index (χ4n) is 3.69. The van der Waals surface area contributed by atoms with Crippen LogP contribution >= 0.6 is 0 Å². The molecule has 174 valence electrons. The van der Waals surface area contributed by atoms with E-state index < -0.39 is 0 Å². The van der Waals surface area contributed by atoms with Gasteiger partial charge in [-0.15, -0.1) is 0 Å². The Morgan fingerprint density at radius 3 is 2.45 bits per heavy atom. The maximum Gasteiger partial charge on any atom is 0.317 e. The molecule has 3 aromatic rings. The molecule has 0 aliphatic heterocycles. The lowest BCUT2D eigenvalue weighted by Crippen LogP contribution is -2.41. The van der Waals surface area contributed by atoms with Gasteiger partial charge < -0.3 is 19.7 Å². The number of ether oxygens (including phenoxy) is 2. The van der Waals surface area contributed by atoms with E-state index in [-0.39, 0.29) is 6.03 Å². The van der Waals surface area contributed by atoms with Crippen LogP contribution in [0.15, 0.2) is 54.6 Å². The number of para-hydroxylation sites is 1. The van der Waals surface area contributed by atoms with Gasteiger partial charge in [0.25, 0.3) is 0 Å². The second-order valence-corrected chi connectivity index (χ2v) is 8.45. The van der Waals surface area contributed by atoms with Gasteiger partial charge in [0.05, 0.1) is 30.6 Å². The van der Waals surface area contributed by atoms with Gasteiger partial charge in [-0.1, -0.05) is 25.1 Å². The number of methoxy groups -OCH3 is 1. The molecule has 1 fully saturated rings. The molecule has 1 aliphatic rings. The van der Waals surface area contributed by atoms with Crippen molar-refractivity contribution in [3.8, 4) is 23.1 Å². The van der Waals surface area contributed by atoms with Gasteiger partial charge in [0.15, 0.2) is 0 Å². The van der Waals surface area contributed by atoms with E-state index in [9.17, 15) is 4.79 Å². The number of amides is 2. The summed E-state index contributed by atoms with van der Waals surface area (Å²) in [5.74, 6) is 2.64. The maximum atomic E-state index is 12.9. The number of benzene rings is 2. The van der Waals surface area contributed by atoms with Crippen LogP contribution in [-0.2, 0) is 6.54 Å². The van der Waals surface area contributed by atoms with Gasteiger partial charge >= 0.3 is 6.03 Å². The molecule has 7 nitrogen and oxygen atoms in total. The summed E-state index contributed by atoms with van der Waals surface area (Å²) in [4.78, 5) is 14.8. The average Bonchev–Trinajstić information content (AvgIpc) is 3.62. The second kappa shape index (κ2) is 10.4. The smallest absolute Gasteiger partial charge is 0.317 e. The molecule has 1 aliphatic carbocycles. The van der Waals surface area contributed by atoms with Crippen molar-refractivity contribution in [3.05, 3.63) is 65.9 Å². The molecule has 0 unspecified atom stereocenters. The molecule has 33 heavy (non-hydrogen) atoms. The van der Waals surface area contributed by atoms with Gasteiger partial charge in [-0.2, -0.15) is 5.10 Å². The monoisotopic (exact) mass is 448 g/mol. The van der Waals surface area contributed by atoms with Gasteiger partial charge in [-0.3, -0.25) is 0 Å². The molecule has 2 amide bonds. The number of aromatic nitrogens is 2. The SMILES string of the molecule is CCCNC(=O)N(Cc1c(C)nn(-c2ccccc2)c1Oc1ccc(OC)cc1)CC1CC1. The van der Waals surface area contributed by atoms with Crippen molar-refractivity contribution in [2.45, 2.75) is 39.7 Å². The number of hydrogen-bond acceptors (Lipinski definition) is 4. The van der Waals surface area contributed by atoms with E-state index in [1.165, 1.54) is 12.8 Å². The molecule has 7 heteroatoms. The fourth-order valence-corrected chi connectivity index (χ4v) is 3.69. The van der Waals surface area contributed by atoms with Gasteiger partial charge in [-0.25, -0.2) is 9.48 Å². The zero-order valence-corrected chi connectivity index (χ0v) is 19.6. The third kappa shape index (κ3) is 5.66. The Hall–Kier alpha value is -3.48. The van der Waals surface area contributed by atoms with Crippen molar-refractivity contribution < 1.29 is 14.3 Å².